The Balaban J connectivity index is 1.68. The van der Waals surface area contributed by atoms with Crippen molar-refractivity contribution in [3.63, 3.8) is 0 Å². The van der Waals surface area contributed by atoms with E-state index in [0.717, 1.165) is 16.4 Å². The van der Waals surface area contributed by atoms with E-state index in [1.165, 1.54) is 17.3 Å². The molecule has 0 fully saturated rings. The predicted molar refractivity (Wildman–Crippen MR) is 104 cm³/mol. The number of aromatic nitrogens is 2. The summed E-state index contributed by atoms with van der Waals surface area (Å²) in [5.74, 6) is 0.0962. The number of anilines is 1. The number of carbonyl (C=O) groups is 1. The third kappa shape index (κ3) is 4.13. The smallest absolute Gasteiger partial charge is 0.234 e. The number of nitrogens with zero attached hydrogens (tertiary/aromatic N) is 3. The van der Waals surface area contributed by atoms with Crippen molar-refractivity contribution in [1.29, 1.82) is 5.26 Å². The van der Waals surface area contributed by atoms with E-state index in [0.29, 0.717) is 11.3 Å². The van der Waals surface area contributed by atoms with E-state index in [9.17, 15) is 4.79 Å². The molecule has 0 unspecified atom stereocenters. The van der Waals surface area contributed by atoms with Gasteiger partial charge in [0.25, 0.3) is 0 Å². The van der Waals surface area contributed by atoms with E-state index in [4.69, 9.17) is 5.26 Å². The average Bonchev–Trinajstić information content (AvgIpc) is 3.08. The number of amides is 1. The highest BCUT2D eigenvalue weighted by Gasteiger charge is 2.11. The first-order valence-corrected chi connectivity index (χ1v) is 9.09. The number of aryl methyl sites for hydroxylation is 2. The molecule has 0 saturated carbocycles. The van der Waals surface area contributed by atoms with Gasteiger partial charge in [-0.2, -0.15) is 5.26 Å². The van der Waals surface area contributed by atoms with Crippen LogP contribution in [0.5, 0.6) is 0 Å². The Labute approximate surface area is 156 Å². The highest BCUT2D eigenvalue weighted by atomic mass is 32.2. The highest BCUT2D eigenvalue weighted by Crippen LogP contribution is 2.23. The lowest BCUT2D eigenvalue weighted by molar-refractivity contribution is -0.113. The fourth-order valence-corrected chi connectivity index (χ4v) is 3.42. The van der Waals surface area contributed by atoms with Crippen molar-refractivity contribution in [2.45, 2.75) is 19.0 Å². The van der Waals surface area contributed by atoms with Gasteiger partial charge in [-0.05, 0) is 43.7 Å². The van der Waals surface area contributed by atoms with E-state index in [1.807, 2.05) is 10.8 Å². The Hall–Kier alpha value is -3.04. The molecular formula is C20H18N4OS. The predicted octanol–water partition coefficient (Wildman–Crippen LogP) is 4.09. The minimum Gasteiger partial charge on any atom is -0.325 e. The number of nitrogens with one attached hydrogen (secondary N) is 1. The van der Waals surface area contributed by atoms with Crippen LogP contribution in [0.3, 0.4) is 0 Å². The molecule has 1 aromatic heterocycles. The zero-order chi connectivity index (χ0) is 18.5. The van der Waals surface area contributed by atoms with Crippen LogP contribution in [0.25, 0.3) is 5.69 Å². The molecule has 1 heterocycles. The zero-order valence-electron chi connectivity index (χ0n) is 14.6. The van der Waals surface area contributed by atoms with Gasteiger partial charge in [0.05, 0.1) is 23.1 Å². The van der Waals surface area contributed by atoms with Crippen molar-refractivity contribution in [3.05, 3.63) is 71.5 Å². The molecule has 5 nitrogen and oxygen atoms in total. The first kappa shape index (κ1) is 17.8. The van der Waals surface area contributed by atoms with Crippen LogP contribution >= 0.6 is 11.8 Å². The first-order chi connectivity index (χ1) is 12.6. The third-order valence-corrected chi connectivity index (χ3v) is 4.79. The maximum Gasteiger partial charge on any atom is 0.234 e. The molecule has 0 aliphatic rings. The van der Waals surface area contributed by atoms with Gasteiger partial charge in [-0.1, -0.05) is 35.5 Å². The van der Waals surface area contributed by atoms with Crippen LogP contribution in [0.15, 0.2) is 60.0 Å². The van der Waals surface area contributed by atoms with Crippen molar-refractivity contribution in [2.75, 3.05) is 11.1 Å². The molecule has 2 aromatic carbocycles. The lowest BCUT2D eigenvalue weighted by atomic mass is 10.1. The van der Waals surface area contributed by atoms with Gasteiger partial charge in [-0.25, -0.2) is 4.98 Å². The fraction of sp³-hybridized carbons (Fsp3) is 0.150. The molecule has 0 saturated heterocycles. The molecule has 0 radical (unpaired) electrons. The molecule has 1 amide bonds. The molecular weight excluding hydrogens is 344 g/mol. The third-order valence-electron chi connectivity index (χ3n) is 3.83. The number of rotatable bonds is 5. The summed E-state index contributed by atoms with van der Waals surface area (Å²) in [5, 5.41) is 12.5. The monoisotopic (exact) mass is 362 g/mol. The molecule has 26 heavy (non-hydrogen) atoms. The van der Waals surface area contributed by atoms with Gasteiger partial charge in [0, 0.05) is 18.1 Å². The van der Waals surface area contributed by atoms with Crippen molar-refractivity contribution in [2.24, 2.45) is 0 Å². The number of imidazole rings is 1. The van der Waals surface area contributed by atoms with Crippen LogP contribution in [0.2, 0.25) is 0 Å². The summed E-state index contributed by atoms with van der Waals surface area (Å²) in [4.78, 5) is 16.6. The lowest BCUT2D eigenvalue weighted by Crippen LogP contribution is -2.14. The molecule has 0 aliphatic carbocycles. The van der Waals surface area contributed by atoms with Crippen LogP contribution in [0.4, 0.5) is 5.69 Å². The van der Waals surface area contributed by atoms with Gasteiger partial charge in [0.15, 0.2) is 5.16 Å². The molecule has 0 bridgehead atoms. The number of benzene rings is 2. The number of hydrogen-bond acceptors (Lipinski definition) is 4. The van der Waals surface area contributed by atoms with E-state index >= 15 is 0 Å². The number of hydrogen-bond donors (Lipinski definition) is 1. The van der Waals surface area contributed by atoms with Crippen LogP contribution < -0.4 is 5.32 Å². The van der Waals surface area contributed by atoms with Crippen LogP contribution in [0.1, 0.15) is 16.7 Å². The molecule has 0 atom stereocenters. The summed E-state index contributed by atoms with van der Waals surface area (Å²) in [6, 6.07) is 15.2. The van der Waals surface area contributed by atoms with Gasteiger partial charge in [-0.3, -0.25) is 9.36 Å². The van der Waals surface area contributed by atoms with Crippen LogP contribution in [-0.4, -0.2) is 21.2 Å². The first-order valence-electron chi connectivity index (χ1n) is 8.10. The van der Waals surface area contributed by atoms with E-state index in [-0.39, 0.29) is 11.7 Å². The maximum atomic E-state index is 12.2. The number of carbonyl (C=O) groups excluding carboxylic acids is 1. The minimum atomic E-state index is -0.139. The van der Waals surface area contributed by atoms with Crippen molar-refractivity contribution in [3.8, 4) is 11.8 Å². The standard InChI is InChI=1S/C20H18N4OS/c1-14-6-7-18(15(2)10-14)24-9-8-22-20(24)26-13-19(25)23-17-5-3-4-16(11-17)12-21/h3-11H,13H2,1-2H3,(H,23,25). The second-order valence-electron chi connectivity index (χ2n) is 5.90. The van der Waals surface area contributed by atoms with Gasteiger partial charge in [-0.15, -0.1) is 0 Å². The van der Waals surface area contributed by atoms with Crippen LogP contribution in [-0.2, 0) is 4.79 Å². The van der Waals surface area contributed by atoms with Crippen molar-refractivity contribution >= 4 is 23.4 Å². The molecule has 130 valence electrons. The molecule has 3 rings (SSSR count). The summed E-state index contributed by atoms with van der Waals surface area (Å²) in [5.41, 5.74) is 4.55. The maximum absolute atomic E-state index is 12.2. The van der Waals surface area contributed by atoms with Crippen molar-refractivity contribution in [1.82, 2.24) is 9.55 Å². The largest absolute Gasteiger partial charge is 0.325 e. The van der Waals surface area contributed by atoms with Crippen molar-refractivity contribution < 1.29 is 4.79 Å². The molecule has 1 N–H and O–H groups in total. The molecule has 3 aromatic rings. The molecule has 6 heteroatoms. The van der Waals surface area contributed by atoms with Gasteiger partial charge < -0.3 is 5.32 Å². The number of nitriles is 1. The Bertz CT molecular complexity index is 987. The molecule has 0 spiro atoms. The number of thioether (sulfide) groups is 1. The summed E-state index contributed by atoms with van der Waals surface area (Å²) in [6.07, 6.45) is 3.63. The molecule has 0 aliphatic heterocycles. The Morgan fingerprint density at radius 3 is 2.88 bits per heavy atom. The quantitative estimate of drug-likeness (QED) is 0.694. The summed E-state index contributed by atoms with van der Waals surface area (Å²) in [6.45, 7) is 4.12. The SMILES string of the molecule is Cc1ccc(-n2ccnc2SCC(=O)Nc2cccc(C#N)c2)c(C)c1. The topological polar surface area (TPSA) is 70.7 Å². The van der Waals surface area contributed by atoms with E-state index in [2.05, 4.69) is 48.4 Å². The van der Waals surface area contributed by atoms with Gasteiger partial charge in [0.1, 0.15) is 0 Å². The van der Waals surface area contributed by atoms with Gasteiger partial charge >= 0.3 is 0 Å². The Morgan fingerprint density at radius 1 is 1.27 bits per heavy atom. The minimum absolute atomic E-state index is 0.139. The second-order valence-corrected chi connectivity index (χ2v) is 6.84. The normalized spacial score (nSPS) is 10.3. The average molecular weight is 362 g/mol. The Kier molecular flexibility index (Phi) is 5.40. The summed E-state index contributed by atoms with van der Waals surface area (Å²) in [7, 11) is 0. The summed E-state index contributed by atoms with van der Waals surface area (Å²) >= 11 is 1.37. The van der Waals surface area contributed by atoms with Crippen LogP contribution in [0, 0.1) is 25.2 Å². The zero-order valence-corrected chi connectivity index (χ0v) is 15.4. The lowest BCUT2D eigenvalue weighted by Gasteiger charge is -2.11. The van der Waals surface area contributed by atoms with E-state index in [1.54, 1.807) is 30.5 Å². The second kappa shape index (κ2) is 7.89. The van der Waals surface area contributed by atoms with Gasteiger partial charge in [0.2, 0.25) is 5.91 Å². The fourth-order valence-electron chi connectivity index (χ4n) is 2.65. The summed E-state index contributed by atoms with van der Waals surface area (Å²) < 4.78 is 1.99. The highest BCUT2D eigenvalue weighted by molar-refractivity contribution is 7.99. The Morgan fingerprint density at radius 2 is 2.12 bits per heavy atom. The van der Waals surface area contributed by atoms with E-state index < -0.39 is 0 Å².